The maximum Gasteiger partial charge on any atom is 0.263 e. The van der Waals surface area contributed by atoms with Crippen LogP contribution in [0.4, 0.5) is 0 Å². The van der Waals surface area contributed by atoms with Gasteiger partial charge in [-0.25, -0.2) is 0 Å². The molecule has 0 aliphatic carbocycles. The maximum absolute atomic E-state index is 12.1. The fraction of sp³-hybridized carbons (Fsp3) is 0.417. The molecule has 5 nitrogen and oxygen atoms in total. The van der Waals surface area contributed by atoms with Crippen molar-refractivity contribution in [2.45, 2.75) is 32.4 Å². The molecule has 0 saturated heterocycles. The molecule has 90 valence electrons. The van der Waals surface area contributed by atoms with Gasteiger partial charge in [0.15, 0.2) is 0 Å². The van der Waals surface area contributed by atoms with Gasteiger partial charge in [0.1, 0.15) is 0 Å². The summed E-state index contributed by atoms with van der Waals surface area (Å²) in [5, 5.41) is 9.69. The number of aromatic nitrogens is 1. The second-order valence-corrected chi connectivity index (χ2v) is 4.70. The fourth-order valence-corrected chi connectivity index (χ4v) is 1.79. The minimum atomic E-state index is -0.937. The highest BCUT2D eigenvalue weighted by molar-refractivity contribution is 6.21. The summed E-state index contributed by atoms with van der Waals surface area (Å²) in [7, 11) is 0. The Kier molecular flexibility index (Phi) is 2.50. The number of fused-ring (bicyclic) bond motifs is 1. The molecule has 1 aromatic rings. The van der Waals surface area contributed by atoms with Crippen LogP contribution in [-0.2, 0) is 0 Å². The Morgan fingerprint density at radius 3 is 2.41 bits per heavy atom. The van der Waals surface area contributed by atoms with E-state index in [1.165, 1.54) is 18.5 Å². The van der Waals surface area contributed by atoms with E-state index in [1.807, 2.05) is 0 Å². The zero-order chi connectivity index (χ0) is 12.8. The maximum atomic E-state index is 12.1. The minimum Gasteiger partial charge on any atom is -0.391 e. The van der Waals surface area contributed by atoms with Crippen molar-refractivity contribution in [3.8, 4) is 0 Å². The van der Waals surface area contributed by atoms with Crippen LogP contribution in [0.15, 0.2) is 18.5 Å². The molecule has 2 rings (SSSR count). The van der Waals surface area contributed by atoms with Gasteiger partial charge in [-0.3, -0.25) is 19.5 Å². The van der Waals surface area contributed by atoms with Gasteiger partial charge in [0.25, 0.3) is 11.8 Å². The van der Waals surface area contributed by atoms with E-state index >= 15 is 0 Å². The summed E-state index contributed by atoms with van der Waals surface area (Å²) in [6, 6.07) is 1.52. The van der Waals surface area contributed by atoms with Crippen molar-refractivity contribution < 1.29 is 14.7 Å². The monoisotopic (exact) mass is 234 g/mol. The third-order valence-electron chi connectivity index (χ3n) is 3.29. The number of aliphatic hydroxyl groups is 1. The highest BCUT2D eigenvalue weighted by atomic mass is 16.3. The standard InChI is InChI=1S/C12H14N2O3/c1-7(15)12(2,3)14-10(16)8-4-5-13-6-9(8)11(14)17/h4-7,15H,1-3H3. The summed E-state index contributed by atoms with van der Waals surface area (Å²) < 4.78 is 0. The minimum absolute atomic E-state index is 0.297. The molecular formula is C12H14N2O3. The van der Waals surface area contributed by atoms with Crippen LogP contribution in [0.2, 0.25) is 0 Å². The third kappa shape index (κ3) is 1.54. The van der Waals surface area contributed by atoms with E-state index in [0.717, 1.165) is 4.90 Å². The Labute approximate surface area is 99.1 Å². The van der Waals surface area contributed by atoms with Crippen molar-refractivity contribution in [3.63, 3.8) is 0 Å². The highest BCUT2D eigenvalue weighted by Gasteiger charge is 2.46. The van der Waals surface area contributed by atoms with Gasteiger partial charge < -0.3 is 5.11 Å². The van der Waals surface area contributed by atoms with E-state index in [1.54, 1.807) is 20.8 Å². The van der Waals surface area contributed by atoms with Gasteiger partial charge in [-0.05, 0) is 26.8 Å². The van der Waals surface area contributed by atoms with Crippen LogP contribution in [0.5, 0.6) is 0 Å². The number of hydrogen-bond acceptors (Lipinski definition) is 4. The largest absolute Gasteiger partial charge is 0.391 e. The molecule has 17 heavy (non-hydrogen) atoms. The number of nitrogens with zero attached hydrogens (tertiary/aromatic N) is 2. The molecule has 1 aliphatic heterocycles. The predicted octanol–water partition coefficient (Wildman–Crippen LogP) is 0.837. The Morgan fingerprint density at radius 1 is 1.29 bits per heavy atom. The Balaban J connectivity index is 2.50. The first-order chi connectivity index (χ1) is 7.87. The molecule has 1 unspecified atom stereocenters. The van der Waals surface area contributed by atoms with Crippen LogP contribution in [-0.4, -0.2) is 38.4 Å². The number of imide groups is 1. The van der Waals surface area contributed by atoms with Gasteiger partial charge >= 0.3 is 0 Å². The van der Waals surface area contributed by atoms with Gasteiger partial charge in [-0.2, -0.15) is 0 Å². The van der Waals surface area contributed by atoms with Crippen molar-refractivity contribution in [1.29, 1.82) is 0 Å². The SMILES string of the molecule is CC(O)C(C)(C)N1C(=O)c2ccncc2C1=O. The van der Waals surface area contributed by atoms with Crippen molar-refractivity contribution in [1.82, 2.24) is 9.88 Å². The number of carbonyl (C=O) groups excluding carboxylic acids is 2. The molecule has 2 amide bonds. The summed E-state index contributed by atoms with van der Waals surface area (Å²) in [5.74, 6) is -0.776. The Hall–Kier alpha value is -1.75. The average Bonchev–Trinajstić information content (AvgIpc) is 2.52. The van der Waals surface area contributed by atoms with Gasteiger partial charge in [-0.1, -0.05) is 0 Å². The lowest BCUT2D eigenvalue weighted by atomic mass is 9.96. The fourth-order valence-electron chi connectivity index (χ4n) is 1.79. The summed E-state index contributed by atoms with van der Waals surface area (Å²) in [5.41, 5.74) is -0.294. The number of amides is 2. The van der Waals surface area contributed by atoms with Gasteiger partial charge in [0.05, 0.1) is 22.8 Å². The second-order valence-electron chi connectivity index (χ2n) is 4.70. The van der Waals surface area contributed by atoms with Crippen LogP contribution >= 0.6 is 0 Å². The van der Waals surface area contributed by atoms with Crippen LogP contribution in [0.1, 0.15) is 41.5 Å². The van der Waals surface area contributed by atoms with Gasteiger partial charge in [0, 0.05) is 12.4 Å². The topological polar surface area (TPSA) is 70.5 Å². The number of carbonyl (C=O) groups is 2. The molecule has 1 aliphatic rings. The summed E-state index contributed by atoms with van der Waals surface area (Å²) in [4.78, 5) is 29.2. The predicted molar refractivity (Wildman–Crippen MR) is 60.5 cm³/mol. The Bertz CT molecular complexity index is 459. The first-order valence-corrected chi connectivity index (χ1v) is 5.38. The molecule has 1 aromatic heterocycles. The lowest BCUT2D eigenvalue weighted by Gasteiger charge is -2.36. The lowest BCUT2D eigenvalue weighted by molar-refractivity contribution is 0.0104. The average molecular weight is 234 g/mol. The van der Waals surface area contributed by atoms with Crippen molar-refractivity contribution >= 4 is 11.8 Å². The first kappa shape index (κ1) is 11.7. The normalized spacial score (nSPS) is 17.3. The summed E-state index contributed by atoms with van der Waals surface area (Å²) in [6.07, 6.45) is 2.05. The summed E-state index contributed by atoms with van der Waals surface area (Å²) in [6.45, 7) is 4.88. The molecule has 2 heterocycles. The zero-order valence-electron chi connectivity index (χ0n) is 9.97. The quantitative estimate of drug-likeness (QED) is 0.770. The van der Waals surface area contributed by atoms with E-state index in [-0.39, 0.29) is 5.91 Å². The van der Waals surface area contributed by atoms with Crippen LogP contribution < -0.4 is 0 Å². The van der Waals surface area contributed by atoms with Crippen LogP contribution in [0.3, 0.4) is 0 Å². The molecule has 0 aromatic carbocycles. The molecule has 0 bridgehead atoms. The molecule has 1 atom stereocenters. The van der Waals surface area contributed by atoms with Crippen molar-refractivity contribution in [2.75, 3.05) is 0 Å². The molecule has 0 spiro atoms. The lowest BCUT2D eigenvalue weighted by Crippen LogP contribution is -2.54. The third-order valence-corrected chi connectivity index (χ3v) is 3.29. The molecule has 1 N–H and O–H groups in total. The number of aliphatic hydroxyl groups excluding tert-OH is 1. The molecular weight excluding hydrogens is 220 g/mol. The van der Waals surface area contributed by atoms with Gasteiger partial charge in [0.2, 0.25) is 0 Å². The van der Waals surface area contributed by atoms with Gasteiger partial charge in [-0.15, -0.1) is 0 Å². The van der Waals surface area contributed by atoms with E-state index in [4.69, 9.17) is 0 Å². The molecule has 0 saturated carbocycles. The van der Waals surface area contributed by atoms with Crippen molar-refractivity contribution in [2.24, 2.45) is 0 Å². The first-order valence-electron chi connectivity index (χ1n) is 5.38. The second kappa shape index (κ2) is 3.63. The smallest absolute Gasteiger partial charge is 0.263 e. The van der Waals surface area contributed by atoms with E-state index < -0.39 is 17.6 Å². The van der Waals surface area contributed by atoms with Crippen LogP contribution in [0.25, 0.3) is 0 Å². The molecule has 0 fully saturated rings. The molecule has 0 radical (unpaired) electrons. The van der Waals surface area contributed by atoms with E-state index in [9.17, 15) is 14.7 Å². The van der Waals surface area contributed by atoms with E-state index in [2.05, 4.69) is 4.98 Å². The van der Waals surface area contributed by atoms with Crippen LogP contribution in [0, 0.1) is 0 Å². The summed E-state index contributed by atoms with van der Waals surface area (Å²) >= 11 is 0. The Morgan fingerprint density at radius 2 is 1.88 bits per heavy atom. The number of pyridine rings is 1. The zero-order valence-corrected chi connectivity index (χ0v) is 9.97. The highest BCUT2D eigenvalue weighted by Crippen LogP contribution is 2.30. The number of hydrogen-bond donors (Lipinski definition) is 1. The molecule has 5 heteroatoms. The van der Waals surface area contributed by atoms with E-state index in [0.29, 0.717) is 11.1 Å². The van der Waals surface area contributed by atoms with Crippen molar-refractivity contribution in [3.05, 3.63) is 29.6 Å². The number of rotatable bonds is 2.